The molecule has 0 aliphatic rings. The van der Waals surface area contributed by atoms with E-state index >= 15 is 0 Å². The van der Waals surface area contributed by atoms with Crippen LogP contribution in [-0.2, 0) is 4.74 Å². The maximum absolute atomic E-state index is 13.9. The van der Waals surface area contributed by atoms with E-state index in [0.717, 1.165) is 25.1 Å². The topological polar surface area (TPSA) is 30.5 Å². The highest BCUT2D eigenvalue weighted by molar-refractivity contribution is 5.30. The fourth-order valence-electron chi connectivity index (χ4n) is 1.96. The van der Waals surface area contributed by atoms with Crippen molar-refractivity contribution >= 4 is 0 Å². The molecule has 0 radical (unpaired) electrons. The van der Waals surface area contributed by atoms with Crippen LogP contribution in [0.5, 0.6) is 5.75 Å². The molecule has 0 aliphatic carbocycles. The number of ether oxygens (including phenoxy) is 2. The van der Waals surface area contributed by atoms with Gasteiger partial charge in [-0.15, -0.1) is 0 Å². The molecule has 0 bridgehead atoms. The summed E-state index contributed by atoms with van der Waals surface area (Å²) in [7, 11) is 0. The zero-order valence-electron chi connectivity index (χ0n) is 13.6. The molecule has 21 heavy (non-hydrogen) atoms. The van der Waals surface area contributed by atoms with Crippen molar-refractivity contribution in [3.05, 3.63) is 29.6 Å². The highest BCUT2D eigenvalue weighted by Gasteiger charge is 2.09. The lowest BCUT2D eigenvalue weighted by Gasteiger charge is -2.14. The van der Waals surface area contributed by atoms with Gasteiger partial charge >= 0.3 is 0 Å². The van der Waals surface area contributed by atoms with Crippen LogP contribution >= 0.6 is 0 Å². The molecule has 3 nitrogen and oxygen atoms in total. The van der Waals surface area contributed by atoms with Gasteiger partial charge in [-0.05, 0) is 43.5 Å². The Bertz CT molecular complexity index is 410. The lowest BCUT2D eigenvalue weighted by Crippen LogP contribution is -2.17. The molecule has 1 aromatic carbocycles. The predicted molar refractivity (Wildman–Crippen MR) is 84.3 cm³/mol. The average Bonchev–Trinajstić information content (AvgIpc) is 2.44. The minimum absolute atomic E-state index is 0.137. The second kappa shape index (κ2) is 9.74. The summed E-state index contributed by atoms with van der Waals surface area (Å²) in [5.41, 5.74) is 0.926. The third kappa shape index (κ3) is 6.91. The fraction of sp³-hybridized carbons (Fsp3) is 0.647. The van der Waals surface area contributed by atoms with Gasteiger partial charge in [-0.1, -0.05) is 26.8 Å². The number of nitrogens with one attached hydrogen (secondary N) is 1. The summed E-state index contributed by atoms with van der Waals surface area (Å²) in [4.78, 5) is 0. The standard InChI is InChI=1S/C17H28FNO2/c1-5-19-14(4)15-6-7-17(16(18)12-15)21-11-10-20-9-8-13(2)3/h6-7,12-14,19H,5,8-11H2,1-4H3. The number of hydrogen-bond donors (Lipinski definition) is 1. The van der Waals surface area contributed by atoms with E-state index < -0.39 is 0 Å². The van der Waals surface area contributed by atoms with Crippen molar-refractivity contribution in [3.63, 3.8) is 0 Å². The Labute approximate surface area is 127 Å². The summed E-state index contributed by atoms with van der Waals surface area (Å²) in [6, 6.07) is 5.25. The number of benzene rings is 1. The first-order valence-corrected chi connectivity index (χ1v) is 7.78. The van der Waals surface area contributed by atoms with E-state index in [2.05, 4.69) is 19.2 Å². The summed E-state index contributed by atoms with van der Waals surface area (Å²) in [6.45, 7) is 10.8. The van der Waals surface area contributed by atoms with Crippen LogP contribution in [0, 0.1) is 11.7 Å². The van der Waals surface area contributed by atoms with Crippen LogP contribution in [-0.4, -0.2) is 26.4 Å². The smallest absolute Gasteiger partial charge is 0.165 e. The van der Waals surface area contributed by atoms with Crippen molar-refractivity contribution in [1.82, 2.24) is 5.32 Å². The molecule has 0 saturated carbocycles. The average molecular weight is 297 g/mol. The molecule has 0 heterocycles. The van der Waals surface area contributed by atoms with E-state index in [1.54, 1.807) is 6.07 Å². The molecule has 0 aliphatic heterocycles. The summed E-state index contributed by atoms with van der Waals surface area (Å²) < 4.78 is 24.8. The molecule has 1 aromatic rings. The normalized spacial score (nSPS) is 12.7. The van der Waals surface area contributed by atoms with Crippen molar-refractivity contribution in [1.29, 1.82) is 0 Å². The quantitative estimate of drug-likeness (QED) is 0.664. The third-order valence-corrected chi connectivity index (χ3v) is 3.29. The highest BCUT2D eigenvalue weighted by atomic mass is 19.1. The highest BCUT2D eigenvalue weighted by Crippen LogP contribution is 2.22. The van der Waals surface area contributed by atoms with Crippen molar-refractivity contribution in [2.24, 2.45) is 5.92 Å². The lowest BCUT2D eigenvalue weighted by molar-refractivity contribution is 0.0913. The molecule has 1 rings (SSSR count). The zero-order valence-corrected chi connectivity index (χ0v) is 13.6. The minimum Gasteiger partial charge on any atom is -0.488 e. The second-order valence-electron chi connectivity index (χ2n) is 5.61. The van der Waals surface area contributed by atoms with Crippen LogP contribution in [0.3, 0.4) is 0 Å². The van der Waals surface area contributed by atoms with Gasteiger partial charge in [-0.2, -0.15) is 0 Å². The first-order valence-electron chi connectivity index (χ1n) is 7.78. The Morgan fingerprint density at radius 2 is 1.90 bits per heavy atom. The first kappa shape index (κ1) is 17.9. The van der Waals surface area contributed by atoms with Gasteiger partial charge in [0.15, 0.2) is 11.6 Å². The molecular weight excluding hydrogens is 269 g/mol. The number of rotatable bonds is 10. The summed E-state index contributed by atoms with van der Waals surface area (Å²) in [5, 5.41) is 3.26. The van der Waals surface area contributed by atoms with E-state index in [4.69, 9.17) is 9.47 Å². The van der Waals surface area contributed by atoms with E-state index in [0.29, 0.717) is 19.1 Å². The van der Waals surface area contributed by atoms with Crippen molar-refractivity contribution in [3.8, 4) is 5.75 Å². The zero-order chi connectivity index (χ0) is 15.7. The van der Waals surface area contributed by atoms with Crippen molar-refractivity contribution in [2.75, 3.05) is 26.4 Å². The van der Waals surface area contributed by atoms with Crippen LogP contribution in [0.1, 0.15) is 45.7 Å². The van der Waals surface area contributed by atoms with Gasteiger partial charge in [-0.25, -0.2) is 4.39 Å². The molecule has 0 aromatic heterocycles. The molecule has 0 fully saturated rings. The van der Waals surface area contributed by atoms with Crippen LogP contribution in [0.2, 0.25) is 0 Å². The Morgan fingerprint density at radius 3 is 2.52 bits per heavy atom. The van der Waals surface area contributed by atoms with E-state index in [1.807, 2.05) is 19.9 Å². The molecule has 0 saturated heterocycles. The third-order valence-electron chi connectivity index (χ3n) is 3.29. The molecule has 120 valence electrons. The second-order valence-corrected chi connectivity index (χ2v) is 5.61. The molecule has 0 spiro atoms. The lowest BCUT2D eigenvalue weighted by atomic mass is 10.1. The van der Waals surface area contributed by atoms with E-state index in [-0.39, 0.29) is 17.6 Å². The Morgan fingerprint density at radius 1 is 1.14 bits per heavy atom. The van der Waals surface area contributed by atoms with Crippen molar-refractivity contribution in [2.45, 2.75) is 40.2 Å². The van der Waals surface area contributed by atoms with E-state index in [1.165, 1.54) is 6.07 Å². The van der Waals surface area contributed by atoms with Crippen LogP contribution in [0.4, 0.5) is 4.39 Å². The maximum Gasteiger partial charge on any atom is 0.165 e. The Balaban J connectivity index is 2.35. The van der Waals surface area contributed by atoms with Crippen LogP contribution in [0.15, 0.2) is 18.2 Å². The van der Waals surface area contributed by atoms with Gasteiger partial charge in [0.1, 0.15) is 6.61 Å². The molecule has 1 unspecified atom stereocenters. The number of hydrogen-bond acceptors (Lipinski definition) is 3. The first-order chi connectivity index (χ1) is 10.0. The number of halogens is 1. The van der Waals surface area contributed by atoms with Gasteiger partial charge < -0.3 is 14.8 Å². The SMILES string of the molecule is CCNC(C)c1ccc(OCCOCCC(C)C)c(F)c1. The molecule has 1 atom stereocenters. The fourth-order valence-corrected chi connectivity index (χ4v) is 1.96. The maximum atomic E-state index is 13.9. The summed E-state index contributed by atoms with van der Waals surface area (Å²) >= 11 is 0. The Hall–Kier alpha value is -1.13. The molecule has 1 N–H and O–H groups in total. The van der Waals surface area contributed by atoms with Crippen molar-refractivity contribution < 1.29 is 13.9 Å². The monoisotopic (exact) mass is 297 g/mol. The minimum atomic E-state index is -0.320. The van der Waals surface area contributed by atoms with Gasteiger partial charge in [-0.3, -0.25) is 0 Å². The van der Waals surface area contributed by atoms with Gasteiger partial charge in [0.25, 0.3) is 0 Å². The summed E-state index contributed by atoms with van der Waals surface area (Å²) in [5.74, 6) is 0.601. The van der Waals surface area contributed by atoms with Gasteiger partial charge in [0.2, 0.25) is 0 Å². The van der Waals surface area contributed by atoms with Crippen LogP contribution < -0.4 is 10.1 Å². The Kier molecular flexibility index (Phi) is 8.31. The van der Waals surface area contributed by atoms with Crippen LogP contribution in [0.25, 0.3) is 0 Å². The predicted octanol–water partition coefficient (Wildman–Crippen LogP) is 3.94. The molecular formula is C17H28FNO2. The molecule has 4 heteroatoms. The summed E-state index contributed by atoms with van der Waals surface area (Å²) in [6.07, 6.45) is 1.03. The van der Waals surface area contributed by atoms with Gasteiger partial charge in [0.05, 0.1) is 6.61 Å². The van der Waals surface area contributed by atoms with Gasteiger partial charge in [0, 0.05) is 12.6 Å². The largest absolute Gasteiger partial charge is 0.488 e. The molecule has 0 amide bonds. The van der Waals surface area contributed by atoms with E-state index in [9.17, 15) is 4.39 Å².